The lowest BCUT2D eigenvalue weighted by atomic mass is 10.1. The summed E-state index contributed by atoms with van der Waals surface area (Å²) in [5.41, 5.74) is 6.55. The average Bonchev–Trinajstić information content (AvgIpc) is 3.00. The second-order valence-corrected chi connectivity index (χ2v) is 6.69. The highest BCUT2D eigenvalue weighted by molar-refractivity contribution is 7.20. The molecule has 0 radical (unpaired) electrons. The first-order valence-electron chi connectivity index (χ1n) is 7.22. The Morgan fingerprint density at radius 3 is 2.95 bits per heavy atom. The Morgan fingerprint density at radius 1 is 1.40 bits per heavy atom. The van der Waals surface area contributed by atoms with Gasteiger partial charge >= 0.3 is 0 Å². The molecule has 2 heterocycles. The van der Waals surface area contributed by atoms with Crippen LogP contribution in [0.25, 0.3) is 10.1 Å². The van der Waals surface area contributed by atoms with Gasteiger partial charge in [-0.3, -0.25) is 4.79 Å². The molecule has 3 nitrogen and oxygen atoms in total. The number of rotatable bonds is 2. The molecule has 2 atom stereocenters. The minimum absolute atomic E-state index is 0.182. The van der Waals surface area contributed by atoms with Crippen molar-refractivity contribution in [2.24, 2.45) is 0 Å². The lowest BCUT2D eigenvalue weighted by Gasteiger charge is -2.27. The van der Waals surface area contributed by atoms with Gasteiger partial charge < -0.3 is 10.6 Å². The Balaban J connectivity index is 1.95. The maximum atomic E-state index is 12.8. The van der Waals surface area contributed by atoms with Crippen LogP contribution in [-0.2, 0) is 0 Å². The summed E-state index contributed by atoms with van der Waals surface area (Å²) < 4.78 is 1.13. The number of thiophene rings is 1. The Kier molecular flexibility index (Phi) is 3.42. The largest absolute Gasteiger partial charge is 0.399 e. The number of amides is 1. The minimum Gasteiger partial charge on any atom is -0.399 e. The molecular weight excluding hydrogens is 268 g/mol. The van der Waals surface area contributed by atoms with Crippen LogP contribution in [0.3, 0.4) is 0 Å². The second kappa shape index (κ2) is 5.09. The highest BCUT2D eigenvalue weighted by Crippen LogP contribution is 2.32. The van der Waals surface area contributed by atoms with E-state index in [4.69, 9.17) is 5.73 Å². The molecule has 1 fully saturated rings. The molecule has 0 aliphatic carbocycles. The Bertz CT molecular complexity index is 649. The Morgan fingerprint density at radius 2 is 2.20 bits per heavy atom. The smallest absolute Gasteiger partial charge is 0.264 e. The monoisotopic (exact) mass is 288 g/mol. The van der Waals surface area contributed by atoms with Crippen molar-refractivity contribution in [3.05, 3.63) is 29.1 Å². The van der Waals surface area contributed by atoms with Crippen LogP contribution < -0.4 is 5.73 Å². The fraction of sp³-hybridized carbons (Fsp3) is 0.438. The van der Waals surface area contributed by atoms with Crippen molar-refractivity contribution in [1.82, 2.24) is 4.90 Å². The fourth-order valence-corrected chi connectivity index (χ4v) is 4.12. The van der Waals surface area contributed by atoms with Crippen molar-refractivity contribution in [3.63, 3.8) is 0 Å². The number of benzene rings is 1. The fourth-order valence-electron chi connectivity index (χ4n) is 3.13. The van der Waals surface area contributed by atoms with E-state index in [1.165, 1.54) is 0 Å². The van der Waals surface area contributed by atoms with Crippen LogP contribution in [-0.4, -0.2) is 22.9 Å². The number of likely N-dealkylation sites (tertiary alicyclic amines) is 1. The van der Waals surface area contributed by atoms with Gasteiger partial charge in [-0.15, -0.1) is 11.3 Å². The molecule has 4 heteroatoms. The SMILES string of the molecule is CCC1CCC(C)N1C(=O)c1cc2cc(N)ccc2s1. The molecule has 1 saturated heterocycles. The molecule has 106 valence electrons. The molecule has 2 unspecified atom stereocenters. The molecule has 2 N–H and O–H groups in total. The van der Waals surface area contributed by atoms with Crippen LogP contribution in [0.4, 0.5) is 5.69 Å². The number of anilines is 1. The molecule has 1 aromatic heterocycles. The maximum absolute atomic E-state index is 12.8. The number of nitrogens with zero attached hydrogens (tertiary/aromatic N) is 1. The Labute approximate surface area is 123 Å². The topological polar surface area (TPSA) is 46.3 Å². The number of fused-ring (bicyclic) bond motifs is 1. The number of nitrogen functional groups attached to an aromatic ring is 1. The third kappa shape index (κ3) is 2.18. The van der Waals surface area contributed by atoms with E-state index in [-0.39, 0.29) is 5.91 Å². The zero-order valence-corrected chi connectivity index (χ0v) is 12.7. The third-order valence-corrected chi connectivity index (χ3v) is 5.35. The van der Waals surface area contributed by atoms with E-state index in [0.29, 0.717) is 12.1 Å². The first-order valence-corrected chi connectivity index (χ1v) is 8.03. The summed E-state index contributed by atoms with van der Waals surface area (Å²) in [6.07, 6.45) is 3.28. The summed E-state index contributed by atoms with van der Waals surface area (Å²) in [5, 5.41) is 1.07. The summed E-state index contributed by atoms with van der Waals surface area (Å²) in [7, 11) is 0. The maximum Gasteiger partial charge on any atom is 0.264 e. The summed E-state index contributed by atoms with van der Waals surface area (Å²) >= 11 is 1.57. The van der Waals surface area contributed by atoms with Gasteiger partial charge in [-0.25, -0.2) is 0 Å². The van der Waals surface area contributed by atoms with Crippen molar-refractivity contribution in [1.29, 1.82) is 0 Å². The van der Waals surface area contributed by atoms with Gasteiger partial charge in [0, 0.05) is 22.5 Å². The second-order valence-electron chi connectivity index (χ2n) is 5.61. The zero-order chi connectivity index (χ0) is 14.3. The quantitative estimate of drug-likeness (QED) is 0.852. The lowest BCUT2D eigenvalue weighted by Crippen LogP contribution is -2.39. The summed E-state index contributed by atoms with van der Waals surface area (Å²) in [5.74, 6) is 0.182. The van der Waals surface area contributed by atoms with Gasteiger partial charge in [0.1, 0.15) is 0 Å². The average molecular weight is 288 g/mol. The van der Waals surface area contributed by atoms with Gasteiger partial charge in [-0.1, -0.05) is 6.92 Å². The molecular formula is C16H20N2OS. The van der Waals surface area contributed by atoms with Crippen LogP contribution in [0.5, 0.6) is 0 Å². The molecule has 20 heavy (non-hydrogen) atoms. The molecule has 0 bridgehead atoms. The zero-order valence-electron chi connectivity index (χ0n) is 11.9. The van der Waals surface area contributed by atoms with E-state index in [9.17, 15) is 4.79 Å². The molecule has 1 aromatic carbocycles. The summed E-state index contributed by atoms with van der Waals surface area (Å²) in [4.78, 5) is 15.7. The van der Waals surface area contributed by atoms with Crippen molar-refractivity contribution in [2.45, 2.75) is 45.2 Å². The first kappa shape index (κ1) is 13.4. The lowest BCUT2D eigenvalue weighted by molar-refractivity contribution is 0.0681. The van der Waals surface area contributed by atoms with Crippen molar-refractivity contribution in [2.75, 3.05) is 5.73 Å². The van der Waals surface area contributed by atoms with Crippen molar-refractivity contribution < 1.29 is 4.79 Å². The highest BCUT2D eigenvalue weighted by atomic mass is 32.1. The molecule has 1 aliphatic heterocycles. The predicted octanol–water partition coefficient (Wildman–Crippen LogP) is 3.89. The van der Waals surface area contributed by atoms with E-state index in [1.54, 1.807) is 11.3 Å². The van der Waals surface area contributed by atoms with Crippen molar-refractivity contribution >= 4 is 33.0 Å². The molecule has 1 aliphatic rings. The van der Waals surface area contributed by atoms with Gasteiger partial charge in [0.25, 0.3) is 5.91 Å². The summed E-state index contributed by atoms with van der Waals surface area (Å²) in [6, 6.07) is 8.55. The molecule has 2 aromatic rings. The van der Waals surface area contributed by atoms with Gasteiger partial charge in [-0.2, -0.15) is 0 Å². The van der Waals surface area contributed by atoms with Crippen LogP contribution in [0.2, 0.25) is 0 Å². The number of carbonyl (C=O) groups excluding carboxylic acids is 1. The third-order valence-electron chi connectivity index (χ3n) is 4.24. The first-order chi connectivity index (χ1) is 9.60. The van der Waals surface area contributed by atoms with Crippen LogP contribution >= 0.6 is 11.3 Å². The normalized spacial score (nSPS) is 22.6. The van der Waals surface area contributed by atoms with Gasteiger partial charge in [0.2, 0.25) is 0 Å². The van der Waals surface area contributed by atoms with E-state index in [1.807, 2.05) is 24.3 Å². The number of nitrogens with two attached hydrogens (primary N) is 1. The molecule has 1 amide bonds. The predicted molar refractivity (Wildman–Crippen MR) is 85.2 cm³/mol. The number of hydrogen-bond acceptors (Lipinski definition) is 3. The van der Waals surface area contributed by atoms with Crippen LogP contribution in [0, 0.1) is 0 Å². The van der Waals surface area contributed by atoms with E-state index in [0.717, 1.165) is 39.9 Å². The van der Waals surface area contributed by atoms with E-state index >= 15 is 0 Å². The van der Waals surface area contributed by atoms with Crippen LogP contribution in [0.1, 0.15) is 42.8 Å². The van der Waals surface area contributed by atoms with E-state index in [2.05, 4.69) is 18.7 Å². The highest BCUT2D eigenvalue weighted by Gasteiger charge is 2.34. The van der Waals surface area contributed by atoms with Gasteiger partial charge in [-0.05, 0) is 55.8 Å². The van der Waals surface area contributed by atoms with Crippen molar-refractivity contribution in [3.8, 4) is 0 Å². The van der Waals surface area contributed by atoms with Gasteiger partial charge in [0.15, 0.2) is 0 Å². The van der Waals surface area contributed by atoms with Gasteiger partial charge in [0.05, 0.1) is 4.88 Å². The Hall–Kier alpha value is -1.55. The molecule has 3 rings (SSSR count). The standard InChI is InChI=1S/C16H20N2OS/c1-3-13-6-4-10(2)18(13)16(19)15-9-11-8-12(17)5-7-14(11)20-15/h5,7-10,13H,3-4,6,17H2,1-2H3. The molecule has 0 saturated carbocycles. The van der Waals surface area contributed by atoms with Crippen LogP contribution in [0.15, 0.2) is 24.3 Å². The minimum atomic E-state index is 0.182. The summed E-state index contributed by atoms with van der Waals surface area (Å²) in [6.45, 7) is 4.31. The van der Waals surface area contributed by atoms with E-state index < -0.39 is 0 Å². The number of carbonyl (C=O) groups is 1. The number of hydrogen-bond donors (Lipinski definition) is 1. The molecule has 0 spiro atoms.